The molecule has 5 nitrogen and oxygen atoms in total. The van der Waals surface area contributed by atoms with Gasteiger partial charge in [0.25, 0.3) is 0 Å². The largest absolute Gasteiger partial charge is 0.465 e. The third-order valence-electron chi connectivity index (χ3n) is 4.30. The smallest absolute Gasteiger partial charge is 0.321 e. The summed E-state index contributed by atoms with van der Waals surface area (Å²) in [4.78, 5) is 11.9. The second-order valence-electron chi connectivity index (χ2n) is 6.13. The first-order valence-electron chi connectivity index (χ1n) is 8.43. The molecule has 0 bridgehead atoms. The van der Waals surface area contributed by atoms with Crippen LogP contribution in [0.5, 0.6) is 0 Å². The van der Waals surface area contributed by atoms with Gasteiger partial charge in [-0.25, -0.2) is 8.42 Å². The van der Waals surface area contributed by atoms with Crippen molar-refractivity contribution >= 4 is 26.7 Å². The van der Waals surface area contributed by atoms with E-state index in [-0.39, 0.29) is 11.5 Å². The Morgan fingerprint density at radius 1 is 1.08 bits per heavy atom. The molecule has 2 aromatic carbocycles. The van der Waals surface area contributed by atoms with Crippen molar-refractivity contribution < 1.29 is 17.9 Å². The summed E-state index contributed by atoms with van der Waals surface area (Å²) < 4.78 is 32.2. The van der Waals surface area contributed by atoms with Gasteiger partial charge in [0.1, 0.15) is 0 Å². The molecule has 0 unspecified atom stereocenters. The lowest BCUT2D eigenvalue weighted by molar-refractivity contribution is -0.139. The van der Waals surface area contributed by atoms with Crippen LogP contribution in [0, 0.1) is 6.92 Å². The first-order chi connectivity index (χ1) is 12.4. The molecule has 1 aromatic heterocycles. The average Bonchev–Trinajstić information content (AvgIpc) is 2.96. The van der Waals surface area contributed by atoms with Gasteiger partial charge in [0.15, 0.2) is 15.6 Å². The minimum absolute atomic E-state index is 0.156. The Balaban J connectivity index is 2.05. The van der Waals surface area contributed by atoms with Gasteiger partial charge in [-0.2, -0.15) is 0 Å². The van der Waals surface area contributed by atoms with E-state index in [9.17, 15) is 13.2 Å². The Bertz CT molecular complexity index is 1050. The van der Waals surface area contributed by atoms with Crippen LogP contribution >= 0.6 is 0 Å². The highest BCUT2D eigenvalue weighted by molar-refractivity contribution is 7.92. The van der Waals surface area contributed by atoms with Crippen molar-refractivity contribution in [2.75, 3.05) is 12.4 Å². The molecule has 0 spiro atoms. The Morgan fingerprint density at radius 3 is 2.50 bits per heavy atom. The number of carbonyl (C=O) groups is 1. The van der Waals surface area contributed by atoms with Crippen LogP contribution in [0.1, 0.15) is 18.1 Å². The van der Waals surface area contributed by atoms with Crippen molar-refractivity contribution in [2.24, 2.45) is 0 Å². The van der Waals surface area contributed by atoms with E-state index in [1.54, 1.807) is 25.3 Å². The highest BCUT2D eigenvalue weighted by Gasteiger charge is 2.25. The summed E-state index contributed by atoms with van der Waals surface area (Å²) in [6.45, 7) is 4.39. The van der Waals surface area contributed by atoms with Crippen molar-refractivity contribution in [2.45, 2.75) is 25.3 Å². The number of hydrogen-bond donors (Lipinski definition) is 0. The van der Waals surface area contributed by atoms with Crippen LogP contribution in [0.3, 0.4) is 0 Å². The molecule has 26 heavy (non-hydrogen) atoms. The van der Waals surface area contributed by atoms with Crippen molar-refractivity contribution in [3.05, 3.63) is 65.9 Å². The highest BCUT2D eigenvalue weighted by atomic mass is 32.2. The molecule has 3 aromatic rings. The number of benzene rings is 2. The third-order valence-corrected chi connectivity index (χ3v) is 5.91. The molecule has 0 saturated carbocycles. The lowest BCUT2D eigenvalue weighted by Crippen LogP contribution is -2.18. The van der Waals surface area contributed by atoms with Crippen molar-refractivity contribution in [3.63, 3.8) is 0 Å². The fourth-order valence-electron chi connectivity index (χ4n) is 3.00. The second-order valence-corrected chi connectivity index (χ2v) is 8.09. The van der Waals surface area contributed by atoms with E-state index in [0.717, 1.165) is 16.6 Å². The van der Waals surface area contributed by atoms with Gasteiger partial charge in [-0.1, -0.05) is 42.5 Å². The molecular formula is C20H21NO4S. The second kappa shape index (κ2) is 7.33. The number of aromatic nitrogens is 1. The SMILES string of the molecule is CCOC(=O)CS(=O)(=O)c1cn(Cc2ccccc2C)c2ccccc12. The fraction of sp³-hybridized carbons (Fsp3) is 0.250. The quantitative estimate of drug-likeness (QED) is 0.624. The number of nitrogens with zero attached hydrogens (tertiary/aromatic N) is 1. The first kappa shape index (κ1) is 18.2. The van der Waals surface area contributed by atoms with Crippen LogP contribution < -0.4 is 0 Å². The van der Waals surface area contributed by atoms with E-state index >= 15 is 0 Å². The Morgan fingerprint density at radius 2 is 1.77 bits per heavy atom. The lowest BCUT2D eigenvalue weighted by Gasteiger charge is -2.08. The summed E-state index contributed by atoms with van der Waals surface area (Å²) in [5.74, 6) is -1.39. The summed E-state index contributed by atoms with van der Waals surface area (Å²) in [5, 5.41) is 0.616. The van der Waals surface area contributed by atoms with Gasteiger partial charge in [0.2, 0.25) is 0 Å². The van der Waals surface area contributed by atoms with Gasteiger partial charge in [0.05, 0.1) is 11.5 Å². The summed E-state index contributed by atoms with van der Waals surface area (Å²) in [7, 11) is -3.79. The molecule has 0 atom stereocenters. The first-order valence-corrected chi connectivity index (χ1v) is 10.1. The summed E-state index contributed by atoms with van der Waals surface area (Å²) in [6, 6.07) is 15.3. The van der Waals surface area contributed by atoms with E-state index in [0.29, 0.717) is 11.9 Å². The molecule has 0 aliphatic heterocycles. The van der Waals surface area contributed by atoms with Gasteiger partial charge in [-0.3, -0.25) is 4.79 Å². The number of para-hydroxylation sites is 1. The van der Waals surface area contributed by atoms with Gasteiger partial charge in [-0.15, -0.1) is 0 Å². The summed E-state index contributed by atoms with van der Waals surface area (Å²) in [6.07, 6.45) is 1.62. The van der Waals surface area contributed by atoms with Crippen LogP contribution in [-0.2, 0) is 25.9 Å². The molecule has 3 rings (SSSR count). The maximum atomic E-state index is 12.7. The zero-order chi connectivity index (χ0) is 18.7. The maximum absolute atomic E-state index is 12.7. The number of rotatable bonds is 6. The Labute approximate surface area is 153 Å². The zero-order valence-electron chi connectivity index (χ0n) is 14.8. The van der Waals surface area contributed by atoms with Gasteiger partial charge >= 0.3 is 5.97 Å². The molecule has 0 saturated heterocycles. The Hall–Kier alpha value is -2.60. The minimum Gasteiger partial charge on any atom is -0.465 e. The van der Waals surface area contributed by atoms with Gasteiger partial charge < -0.3 is 9.30 Å². The summed E-state index contributed by atoms with van der Waals surface area (Å²) >= 11 is 0. The van der Waals surface area contributed by atoms with Crippen LogP contribution in [0.15, 0.2) is 59.6 Å². The molecule has 1 heterocycles. The van der Waals surface area contributed by atoms with E-state index in [4.69, 9.17) is 4.74 Å². The number of carbonyl (C=O) groups excluding carboxylic acids is 1. The highest BCUT2D eigenvalue weighted by Crippen LogP contribution is 2.27. The number of sulfone groups is 1. The average molecular weight is 371 g/mol. The monoisotopic (exact) mass is 371 g/mol. The number of esters is 1. The molecule has 0 radical (unpaired) electrons. The Kier molecular flexibility index (Phi) is 5.13. The molecule has 0 N–H and O–H groups in total. The molecule has 0 aliphatic carbocycles. The predicted molar refractivity (Wildman–Crippen MR) is 101 cm³/mol. The molecule has 0 fully saturated rings. The number of fused-ring (bicyclic) bond motifs is 1. The van der Waals surface area contributed by atoms with Gasteiger partial charge in [-0.05, 0) is 31.0 Å². The number of hydrogen-bond acceptors (Lipinski definition) is 4. The van der Waals surface area contributed by atoms with Crippen LogP contribution in [0.2, 0.25) is 0 Å². The van der Waals surface area contributed by atoms with Gasteiger partial charge in [0, 0.05) is 23.6 Å². The van der Waals surface area contributed by atoms with E-state index < -0.39 is 21.6 Å². The lowest BCUT2D eigenvalue weighted by atomic mass is 10.1. The molecule has 136 valence electrons. The molecule has 0 amide bonds. The van der Waals surface area contributed by atoms with Crippen LogP contribution in [0.25, 0.3) is 10.9 Å². The number of aryl methyl sites for hydroxylation is 1. The maximum Gasteiger partial charge on any atom is 0.321 e. The van der Waals surface area contributed by atoms with E-state index in [1.807, 2.05) is 47.9 Å². The number of ether oxygens (including phenoxy) is 1. The van der Waals surface area contributed by atoms with Crippen LogP contribution in [0.4, 0.5) is 0 Å². The van der Waals surface area contributed by atoms with E-state index in [2.05, 4.69) is 0 Å². The van der Waals surface area contributed by atoms with Crippen molar-refractivity contribution in [3.8, 4) is 0 Å². The predicted octanol–water partition coefficient (Wildman–Crippen LogP) is 3.33. The topological polar surface area (TPSA) is 65.4 Å². The van der Waals surface area contributed by atoms with Crippen molar-refractivity contribution in [1.82, 2.24) is 4.57 Å². The zero-order valence-corrected chi connectivity index (χ0v) is 15.6. The molecular weight excluding hydrogens is 350 g/mol. The fourth-order valence-corrected chi connectivity index (χ4v) is 4.34. The normalized spacial score (nSPS) is 11.6. The van der Waals surface area contributed by atoms with Crippen LogP contribution in [-0.4, -0.2) is 31.3 Å². The van der Waals surface area contributed by atoms with E-state index in [1.165, 1.54) is 0 Å². The van der Waals surface area contributed by atoms with Crippen molar-refractivity contribution in [1.29, 1.82) is 0 Å². The third kappa shape index (κ3) is 3.65. The standard InChI is InChI=1S/C20H21NO4S/c1-3-25-20(22)14-26(23,24)19-13-21(18-11-7-6-10-17(18)19)12-16-9-5-4-8-15(16)2/h4-11,13H,3,12,14H2,1-2H3. The molecule has 0 aliphatic rings. The summed E-state index contributed by atoms with van der Waals surface area (Å²) in [5.41, 5.74) is 3.07. The minimum atomic E-state index is -3.79. The molecule has 6 heteroatoms.